The minimum Gasteiger partial charge on any atom is -0.372 e. The number of hydrogen-bond acceptors (Lipinski definition) is 5. The lowest BCUT2D eigenvalue weighted by molar-refractivity contribution is -0.126. The molecule has 0 radical (unpaired) electrons. The number of thiazole rings is 1. The number of anilines is 1. The van der Waals surface area contributed by atoms with E-state index in [9.17, 15) is 4.79 Å². The van der Waals surface area contributed by atoms with Gasteiger partial charge in [0.1, 0.15) is 0 Å². The molecular weight excluding hydrogens is 334 g/mol. The molecular formula is C16H18ClN3O2S. The van der Waals surface area contributed by atoms with Gasteiger partial charge in [-0.05, 0) is 31.0 Å². The number of hydrogen-bond donors (Lipinski definition) is 1. The van der Waals surface area contributed by atoms with Gasteiger partial charge in [-0.15, -0.1) is 0 Å². The van der Waals surface area contributed by atoms with Crippen LogP contribution in [0.3, 0.4) is 0 Å². The van der Waals surface area contributed by atoms with E-state index in [-0.39, 0.29) is 11.5 Å². The monoisotopic (exact) mass is 351 g/mol. The molecule has 0 atom stereocenters. The summed E-state index contributed by atoms with van der Waals surface area (Å²) in [6.45, 7) is 2.94. The molecule has 1 N–H and O–H groups in total. The number of carbonyl (C=O) groups is 1. The fourth-order valence-electron chi connectivity index (χ4n) is 3.31. The molecule has 1 aromatic heterocycles. The second-order valence-corrected chi connectivity index (χ2v) is 7.60. The Bertz CT molecular complexity index is 740. The zero-order valence-electron chi connectivity index (χ0n) is 12.7. The Morgan fingerprint density at radius 3 is 3.00 bits per heavy atom. The molecule has 1 spiro atoms. The number of halogens is 1. The lowest BCUT2D eigenvalue weighted by Crippen LogP contribution is -2.47. The van der Waals surface area contributed by atoms with Crippen molar-refractivity contribution in [3.8, 4) is 0 Å². The quantitative estimate of drug-likeness (QED) is 0.858. The number of rotatable bonds is 1. The van der Waals surface area contributed by atoms with Crippen molar-refractivity contribution in [1.29, 1.82) is 0 Å². The highest BCUT2D eigenvalue weighted by Crippen LogP contribution is 2.36. The summed E-state index contributed by atoms with van der Waals surface area (Å²) < 4.78 is 7.13. The van der Waals surface area contributed by atoms with Crippen LogP contribution in [0.2, 0.25) is 5.02 Å². The lowest BCUT2D eigenvalue weighted by atomic mass is 9.88. The molecule has 4 rings (SSSR count). The van der Waals surface area contributed by atoms with E-state index in [1.165, 1.54) is 0 Å². The van der Waals surface area contributed by atoms with Crippen molar-refractivity contribution in [2.75, 3.05) is 31.1 Å². The maximum Gasteiger partial charge on any atom is 0.222 e. The summed E-state index contributed by atoms with van der Waals surface area (Å²) >= 11 is 7.72. The predicted octanol–water partition coefficient (Wildman–Crippen LogP) is 2.83. The first kappa shape index (κ1) is 15.2. The number of benzene rings is 1. The van der Waals surface area contributed by atoms with E-state index in [4.69, 9.17) is 21.3 Å². The van der Waals surface area contributed by atoms with Crippen LogP contribution in [-0.2, 0) is 9.53 Å². The number of ether oxygens (including phenoxy) is 1. The second kappa shape index (κ2) is 5.92. The van der Waals surface area contributed by atoms with Crippen molar-refractivity contribution in [1.82, 2.24) is 10.3 Å². The van der Waals surface area contributed by atoms with Gasteiger partial charge in [0.05, 0.1) is 28.8 Å². The number of piperidine rings is 1. The summed E-state index contributed by atoms with van der Waals surface area (Å²) in [4.78, 5) is 18.8. The molecule has 0 bridgehead atoms. The van der Waals surface area contributed by atoms with E-state index in [2.05, 4.69) is 10.2 Å². The van der Waals surface area contributed by atoms with Crippen molar-refractivity contribution < 1.29 is 9.53 Å². The average molecular weight is 352 g/mol. The predicted molar refractivity (Wildman–Crippen MR) is 92.4 cm³/mol. The lowest BCUT2D eigenvalue weighted by Gasteiger charge is -2.40. The van der Waals surface area contributed by atoms with Gasteiger partial charge in [-0.25, -0.2) is 4.98 Å². The number of nitrogens with one attached hydrogen (secondary N) is 1. The van der Waals surface area contributed by atoms with Crippen molar-refractivity contribution in [3.63, 3.8) is 0 Å². The number of fused-ring (bicyclic) bond motifs is 1. The maximum atomic E-state index is 11.8. The highest BCUT2D eigenvalue weighted by atomic mass is 35.5. The Labute approximate surface area is 143 Å². The highest BCUT2D eigenvalue weighted by Gasteiger charge is 2.39. The third-order valence-electron chi connectivity index (χ3n) is 4.60. The van der Waals surface area contributed by atoms with E-state index >= 15 is 0 Å². The maximum absolute atomic E-state index is 11.8. The molecule has 0 saturated carbocycles. The minimum atomic E-state index is -0.295. The molecule has 2 aromatic rings. The number of aromatic nitrogens is 1. The largest absolute Gasteiger partial charge is 0.372 e. The molecule has 7 heteroatoms. The Morgan fingerprint density at radius 1 is 1.35 bits per heavy atom. The van der Waals surface area contributed by atoms with Crippen LogP contribution in [0.15, 0.2) is 18.2 Å². The van der Waals surface area contributed by atoms with Gasteiger partial charge in [0, 0.05) is 24.7 Å². The SMILES string of the molecule is O=C1CC2(CCN(c3nc4ccc(Cl)cc4s3)CC2)OCCN1. The van der Waals surface area contributed by atoms with Gasteiger partial charge in [0.15, 0.2) is 5.13 Å². The molecule has 1 aromatic carbocycles. The van der Waals surface area contributed by atoms with Crippen LogP contribution < -0.4 is 10.2 Å². The third-order valence-corrected chi connectivity index (χ3v) is 5.91. The van der Waals surface area contributed by atoms with E-state index in [1.807, 2.05) is 18.2 Å². The van der Waals surface area contributed by atoms with Gasteiger partial charge in [0.2, 0.25) is 5.91 Å². The van der Waals surface area contributed by atoms with Crippen LogP contribution in [0.1, 0.15) is 19.3 Å². The van der Waals surface area contributed by atoms with E-state index in [1.54, 1.807) is 11.3 Å². The number of carbonyl (C=O) groups excluding carboxylic acids is 1. The third kappa shape index (κ3) is 3.03. The molecule has 2 fully saturated rings. The fraction of sp³-hybridized carbons (Fsp3) is 0.500. The second-order valence-electron chi connectivity index (χ2n) is 6.15. The highest BCUT2D eigenvalue weighted by molar-refractivity contribution is 7.22. The molecule has 2 aliphatic heterocycles. The Morgan fingerprint density at radius 2 is 2.17 bits per heavy atom. The average Bonchev–Trinajstić information content (AvgIpc) is 2.86. The smallest absolute Gasteiger partial charge is 0.222 e. The van der Waals surface area contributed by atoms with Crippen LogP contribution in [-0.4, -0.2) is 42.7 Å². The van der Waals surface area contributed by atoms with Crippen molar-refractivity contribution >= 4 is 44.2 Å². The molecule has 2 aliphatic rings. The summed E-state index contributed by atoms with van der Waals surface area (Å²) in [5, 5.41) is 4.64. The van der Waals surface area contributed by atoms with Crippen molar-refractivity contribution in [3.05, 3.63) is 23.2 Å². The number of amides is 1. The molecule has 2 saturated heterocycles. The summed E-state index contributed by atoms with van der Waals surface area (Å²) in [7, 11) is 0. The van der Waals surface area contributed by atoms with Crippen LogP contribution in [0.5, 0.6) is 0 Å². The van der Waals surface area contributed by atoms with E-state index in [0.717, 1.165) is 46.3 Å². The molecule has 3 heterocycles. The summed E-state index contributed by atoms with van der Waals surface area (Å²) in [6.07, 6.45) is 2.19. The van der Waals surface area contributed by atoms with Gasteiger partial charge in [0.25, 0.3) is 0 Å². The van der Waals surface area contributed by atoms with E-state index in [0.29, 0.717) is 19.6 Å². The molecule has 5 nitrogen and oxygen atoms in total. The molecule has 0 unspecified atom stereocenters. The van der Waals surface area contributed by atoms with Crippen LogP contribution >= 0.6 is 22.9 Å². The first-order chi connectivity index (χ1) is 11.1. The topological polar surface area (TPSA) is 54.5 Å². The normalized spacial score (nSPS) is 21.4. The Hall–Kier alpha value is -1.37. The molecule has 122 valence electrons. The van der Waals surface area contributed by atoms with Gasteiger partial charge in [-0.2, -0.15) is 0 Å². The standard InChI is InChI=1S/C16H18ClN3O2S/c17-11-1-2-12-13(9-11)23-15(19-12)20-6-3-16(4-7-20)10-14(21)18-5-8-22-16/h1-2,9H,3-8,10H2,(H,18,21). The Balaban J connectivity index is 1.50. The van der Waals surface area contributed by atoms with E-state index < -0.39 is 0 Å². The van der Waals surface area contributed by atoms with Crippen LogP contribution in [0.4, 0.5) is 5.13 Å². The van der Waals surface area contributed by atoms with Crippen LogP contribution in [0.25, 0.3) is 10.2 Å². The zero-order valence-corrected chi connectivity index (χ0v) is 14.3. The van der Waals surface area contributed by atoms with Gasteiger partial charge in [-0.1, -0.05) is 22.9 Å². The first-order valence-electron chi connectivity index (χ1n) is 7.85. The van der Waals surface area contributed by atoms with Crippen molar-refractivity contribution in [2.45, 2.75) is 24.9 Å². The Kier molecular flexibility index (Phi) is 3.91. The molecule has 1 amide bonds. The zero-order chi connectivity index (χ0) is 15.9. The van der Waals surface area contributed by atoms with Crippen LogP contribution in [0, 0.1) is 0 Å². The molecule has 23 heavy (non-hydrogen) atoms. The summed E-state index contributed by atoms with van der Waals surface area (Å²) in [6, 6.07) is 5.79. The molecule has 0 aliphatic carbocycles. The fourth-order valence-corrected chi connectivity index (χ4v) is 4.61. The minimum absolute atomic E-state index is 0.102. The van der Waals surface area contributed by atoms with Gasteiger partial charge >= 0.3 is 0 Å². The van der Waals surface area contributed by atoms with Crippen molar-refractivity contribution in [2.24, 2.45) is 0 Å². The summed E-state index contributed by atoms with van der Waals surface area (Å²) in [5.74, 6) is 0.102. The van der Waals surface area contributed by atoms with Gasteiger partial charge in [-0.3, -0.25) is 4.79 Å². The summed E-state index contributed by atoms with van der Waals surface area (Å²) in [5.41, 5.74) is 0.691. The number of nitrogens with zero attached hydrogens (tertiary/aromatic N) is 2. The first-order valence-corrected chi connectivity index (χ1v) is 9.05. The van der Waals surface area contributed by atoms with Gasteiger partial charge < -0.3 is 15.0 Å².